The van der Waals surface area contributed by atoms with Gasteiger partial charge in [-0.3, -0.25) is 4.98 Å². The van der Waals surface area contributed by atoms with Crippen molar-refractivity contribution in [3.05, 3.63) is 41.6 Å². The maximum atomic E-state index is 12.8. The molecule has 1 saturated heterocycles. The van der Waals surface area contributed by atoms with Gasteiger partial charge in [-0.1, -0.05) is 13.8 Å². The van der Waals surface area contributed by atoms with E-state index in [1.54, 1.807) is 19.9 Å². The van der Waals surface area contributed by atoms with E-state index < -0.39 is 39.9 Å². The van der Waals surface area contributed by atoms with Crippen LogP contribution in [0.1, 0.15) is 49.9 Å². The van der Waals surface area contributed by atoms with Crippen LogP contribution in [0, 0.1) is 5.41 Å². The van der Waals surface area contributed by atoms with Gasteiger partial charge in [0.25, 0.3) is 0 Å². The van der Waals surface area contributed by atoms with Gasteiger partial charge in [0.2, 0.25) is 5.88 Å². The van der Waals surface area contributed by atoms with Gasteiger partial charge in [-0.05, 0) is 32.0 Å². The Bertz CT molecular complexity index is 1160. The summed E-state index contributed by atoms with van der Waals surface area (Å²) in [7, 11) is -6.03. The van der Waals surface area contributed by atoms with Crippen LogP contribution in [0.3, 0.4) is 0 Å². The Labute approximate surface area is 194 Å². The highest BCUT2D eigenvalue weighted by Gasteiger charge is 2.49. The number of esters is 1. The van der Waals surface area contributed by atoms with Gasteiger partial charge in [-0.2, -0.15) is 21.6 Å². The summed E-state index contributed by atoms with van der Waals surface area (Å²) < 4.78 is 82.1. The molecule has 3 heterocycles. The number of nitrogens with zero attached hydrogens (tertiary/aromatic N) is 2. The molecule has 0 N–H and O–H groups in total. The van der Waals surface area contributed by atoms with Crippen LogP contribution in [0.5, 0.6) is 5.88 Å². The van der Waals surface area contributed by atoms with E-state index in [1.807, 2.05) is 13.8 Å². The standard InChI is InChI=1S/C21H23F3N2O7S/c1-12(2)32-18(27)14-8-16(26-17(9-14)33-34(28,29)21(22,23)24)15-7-13(5-6-25-15)19-30-10-20(3,4)11-31-19/h5-9,12,19H,10-11H2,1-4H3. The quantitative estimate of drug-likeness (QED) is 0.327. The van der Waals surface area contributed by atoms with Gasteiger partial charge in [-0.15, -0.1) is 0 Å². The molecule has 3 rings (SSSR count). The second-order valence-electron chi connectivity index (χ2n) is 8.61. The van der Waals surface area contributed by atoms with Crippen LogP contribution >= 0.6 is 0 Å². The van der Waals surface area contributed by atoms with Crippen LogP contribution in [0.4, 0.5) is 13.2 Å². The molecule has 0 bridgehead atoms. The Balaban J connectivity index is 2.01. The highest BCUT2D eigenvalue weighted by Crippen LogP contribution is 2.33. The SMILES string of the molecule is CC(C)OC(=O)c1cc(OS(=O)(=O)C(F)(F)F)nc(-c2cc(C3OCC(C)(C)CO3)ccn2)c1. The zero-order valence-corrected chi connectivity index (χ0v) is 19.6. The molecule has 0 spiro atoms. The molecule has 1 fully saturated rings. The van der Waals surface area contributed by atoms with Crippen molar-refractivity contribution in [3.8, 4) is 17.3 Å². The largest absolute Gasteiger partial charge is 0.534 e. The van der Waals surface area contributed by atoms with E-state index in [4.69, 9.17) is 14.2 Å². The fourth-order valence-corrected chi connectivity index (χ4v) is 3.26. The summed E-state index contributed by atoms with van der Waals surface area (Å²) in [4.78, 5) is 20.3. The number of alkyl halides is 3. The van der Waals surface area contributed by atoms with Crippen LogP contribution in [0.25, 0.3) is 11.4 Å². The number of halogens is 3. The fourth-order valence-electron chi connectivity index (χ4n) is 2.86. The lowest BCUT2D eigenvalue weighted by molar-refractivity contribution is -0.226. The smallest absolute Gasteiger partial charge is 0.459 e. The zero-order valence-electron chi connectivity index (χ0n) is 18.7. The second kappa shape index (κ2) is 9.47. The average molecular weight is 504 g/mol. The second-order valence-corrected chi connectivity index (χ2v) is 10.1. The third-order valence-electron chi connectivity index (χ3n) is 4.43. The summed E-state index contributed by atoms with van der Waals surface area (Å²) in [5, 5.41) is 0. The molecule has 0 saturated carbocycles. The lowest BCUT2D eigenvalue weighted by atomic mass is 9.95. The zero-order chi connectivity index (χ0) is 25.3. The number of aromatic nitrogens is 2. The molecule has 1 aliphatic rings. The highest BCUT2D eigenvalue weighted by molar-refractivity contribution is 7.87. The van der Waals surface area contributed by atoms with Crippen molar-refractivity contribution in [3.63, 3.8) is 0 Å². The lowest BCUT2D eigenvalue weighted by Gasteiger charge is -2.34. The summed E-state index contributed by atoms with van der Waals surface area (Å²) in [6.07, 6.45) is 0.133. The van der Waals surface area contributed by atoms with E-state index in [0.29, 0.717) is 18.8 Å². The molecule has 0 aromatic carbocycles. The highest BCUT2D eigenvalue weighted by atomic mass is 32.2. The summed E-state index contributed by atoms with van der Waals surface area (Å²) in [5.74, 6) is -1.88. The minimum atomic E-state index is -6.03. The van der Waals surface area contributed by atoms with Gasteiger partial charge in [-0.25, -0.2) is 9.78 Å². The molecular formula is C21H23F3N2O7S. The van der Waals surface area contributed by atoms with Gasteiger partial charge in [0.15, 0.2) is 6.29 Å². The number of hydrogen-bond acceptors (Lipinski definition) is 9. The molecule has 1 aliphatic heterocycles. The van der Waals surface area contributed by atoms with Gasteiger partial charge in [0, 0.05) is 23.2 Å². The predicted octanol–water partition coefficient (Wildman–Crippen LogP) is 4.01. The van der Waals surface area contributed by atoms with E-state index >= 15 is 0 Å². The van der Waals surface area contributed by atoms with Crippen molar-refractivity contribution in [2.45, 2.75) is 45.6 Å². The van der Waals surface area contributed by atoms with Gasteiger partial charge in [0.1, 0.15) is 0 Å². The topological polar surface area (TPSA) is 114 Å². The van der Waals surface area contributed by atoms with Crippen molar-refractivity contribution >= 4 is 16.1 Å². The Morgan fingerprint density at radius 2 is 1.79 bits per heavy atom. The molecule has 9 nitrogen and oxygen atoms in total. The summed E-state index contributed by atoms with van der Waals surface area (Å²) >= 11 is 0. The first-order valence-electron chi connectivity index (χ1n) is 10.1. The summed E-state index contributed by atoms with van der Waals surface area (Å²) in [5.41, 5.74) is -5.60. The Morgan fingerprint density at radius 1 is 1.15 bits per heavy atom. The van der Waals surface area contributed by atoms with Crippen molar-refractivity contribution in [1.82, 2.24) is 9.97 Å². The van der Waals surface area contributed by atoms with Crippen molar-refractivity contribution in [2.24, 2.45) is 5.41 Å². The molecule has 0 radical (unpaired) electrons. The molecular weight excluding hydrogens is 481 g/mol. The average Bonchev–Trinajstić information content (AvgIpc) is 2.72. The summed E-state index contributed by atoms with van der Waals surface area (Å²) in [6.45, 7) is 7.95. The number of carbonyl (C=O) groups is 1. The van der Waals surface area contributed by atoms with E-state index in [1.165, 1.54) is 18.3 Å². The van der Waals surface area contributed by atoms with Crippen LogP contribution < -0.4 is 4.18 Å². The molecule has 0 amide bonds. The van der Waals surface area contributed by atoms with Gasteiger partial charge >= 0.3 is 21.6 Å². The van der Waals surface area contributed by atoms with Crippen molar-refractivity contribution in [2.75, 3.05) is 13.2 Å². The van der Waals surface area contributed by atoms with E-state index in [2.05, 4.69) is 14.2 Å². The molecule has 0 atom stereocenters. The normalized spacial score (nSPS) is 16.9. The fraction of sp³-hybridized carbons (Fsp3) is 0.476. The maximum absolute atomic E-state index is 12.8. The van der Waals surface area contributed by atoms with Crippen LogP contribution in [0.15, 0.2) is 30.5 Å². The van der Waals surface area contributed by atoms with Gasteiger partial charge in [0.05, 0.1) is 36.3 Å². The first-order chi connectivity index (χ1) is 15.7. The maximum Gasteiger partial charge on any atom is 0.534 e. The molecule has 2 aromatic rings. The van der Waals surface area contributed by atoms with Crippen molar-refractivity contribution in [1.29, 1.82) is 0 Å². The first-order valence-corrected chi connectivity index (χ1v) is 11.5. The number of pyridine rings is 2. The molecule has 34 heavy (non-hydrogen) atoms. The lowest BCUT2D eigenvalue weighted by Crippen LogP contribution is -2.33. The number of carbonyl (C=O) groups excluding carboxylic acids is 1. The Morgan fingerprint density at radius 3 is 2.38 bits per heavy atom. The Kier molecular flexibility index (Phi) is 7.20. The third-order valence-corrected chi connectivity index (χ3v) is 5.39. The van der Waals surface area contributed by atoms with E-state index in [9.17, 15) is 26.4 Å². The number of ether oxygens (including phenoxy) is 3. The van der Waals surface area contributed by atoms with Crippen molar-refractivity contribution < 1.29 is 44.8 Å². The monoisotopic (exact) mass is 504 g/mol. The van der Waals surface area contributed by atoms with Crippen LogP contribution in [0.2, 0.25) is 0 Å². The first kappa shape index (κ1) is 25.8. The molecule has 0 unspecified atom stereocenters. The molecule has 2 aromatic heterocycles. The predicted molar refractivity (Wildman–Crippen MR) is 112 cm³/mol. The molecule has 0 aliphatic carbocycles. The van der Waals surface area contributed by atoms with Crippen LogP contribution in [-0.2, 0) is 24.3 Å². The third kappa shape index (κ3) is 6.21. The van der Waals surface area contributed by atoms with E-state index in [0.717, 1.165) is 6.07 Å². The molecule has 13 heteroatoms. The Hall–Kier alpha value is -2.77. The number of rotatable bonds is 6. The van der Waals surface area contributed by atoms with Crippen LogP contribution in [-0.4, -0.2) is 49.2 Å². The molecule has 186 valence electrons. The summed E-state index contributed by atoms with van der Waals surface area (Å²) in [6, 6.07) is 5.08. The minimum absolute atomic E-state index is 0.114. The number of hydrogen-bond donors (Lipinski definition) is 0. The van der Waals surface area contributed by atoms with Gasteiger partial charge < -0.3 is 18.4 Å². The van der Waals surface area contributed by atoms with E-state index in [-0.39, 0.29) is 22.4 Å². The minimum Gasteiger partial charge on any atom is -0.459 e.